The van der Waals surface area contributed by atoms with E-state index in [1.165, 1.54) is 5.56 Å². The normalized spacial score (nSPS) is 10.8. The third-order valence-corrected chi connectivity index (χ3v) is 5.19. The molecular weight excluding hydrogens is 456 g/mol. The van der Waals surface area contributed by atoms with Crippen molar-refractivity contribution in [1.29, 1.82) is 0 Å². The zero-order valence-electron chi connectivity index (χ0n) is 18.0. The van der Waals surface area contributed by atoms with E-state index >= 15 is 0 Å². The smallest absolute Gasteiger partial charge is 0.175 e. The first kappa shape index (κ1) is 22.7. The average Bonchev–Trinajstić information content (AvgIpc) is 2.78. The fourth-order valence-corrected chi connectivity index (χ4v) is 3.58. The van der Waals surface area contributed by atoms with E-state index in [2.05, 4.69) is 57.6 Å². The minimum absolute atomic E-state index is 0.465. The molecule has 0 heterocycles. The van der Waals surface area contributed by atoms with E-state index in [9.17, 15) is 0 Å². The molecule has 0 spiro atoms. The molecule has 3 aromatic carbocycles. The second kappa shape index (κ2) is 11.4. The molecule has 31 heavy (non-hydrogen) atoms. The summed E-state index contributed by atoms with van der Waals surface area (Å²) in [5.74, 6) is 2.19. The maximum Gasteiger partial charge on any atom is 0.175 e. The Bertz CT molecular complexity index is 1020. The van der Waals surface area contributed by atoms with E-state index in [-0.39, 0.29) is 0 Å². The molecule has 162 valence electrons. The molecular formula is C25H27BrN2O3. The summed E-state index contributed by atoms with van der Waals surface area (Å²) in [4.78, 5) is 0. The Labute approximate surface area is 192 Å². The van der Waals surface area contributed by atoms with Crippen LogP contribution >= 0.6 is 15.9 Å². The Kier molecular flexibility index (Phi) is 8.35. The average molecular weight is 483 g/mol. The number of halogens is 1. The number of nitrogens with one attached hydrogen (secondary N) is 1. The van der Waals surface area contributed by atoms with Crippen molar-refractivity contribution < 1.29 is 14.2 Å². The van der Waals surface area contributed by atoms with Crippen molar-refractivity contribution in [2.75, 3.05) is 13.7 Å². The van der Waals surface area contributed by atoms with Gasteiger partial charge in [0, 0.05) is 5.56 Å². The molecule has 0 aliphatic heterocycles. The van der Waals surface area contributed by atoms with E-state index in [0.717, 1.165) is 26.9 Å². The molecule has 0 aromatic heterocycles. The number of ether oxygens (including phenoxy) is 3. The first-order valence-corrected chi connectivity index (χ1v) is 10.9. The second-order valence-electron chi connectivity index (χ2n) is 6.94. The third-order valence-electron chi connectivity index (χ3n) is 4.60. The lowest BCUT2D eigenvalue weighted by Crippen LogP contribution is -2.07. The lowest BCUT2D eigenvalue weighted by molar-refractivity contribution is 0.267. The van der Waals surface area contributed by atoms with Crippen LogP contribution in [0.1, 0.15) is 29.2 Å². The highest BCUT2D eigenvalue weighted by Gasteiger charge is 2.12. The van der Waals surface area contributed by atoms with E-state index in [0.29, 0.717) is 31.3 Å². The Hall–Kier alpha value is -2.99. The number of hydrogen-bond donors (Lipinski definition) is 1. The molecule has 5 nitrogen and oxygen atoms in total. The number of methoxy groups -OCH3 is 1. The highest BCUT2D eigenvalue weighted by Crippen LogP contribution is 2.37. The molecule has 0 amide bonds. The first-order chi connectivity index (χ1) is 15.1. The number of aryl methyl sites for hydroxylation is 1. The SMILES string of the molecule is CCOc1cc(/C=N/NCc2ccccc2OC)cc(Br)c1OCc1ccc(C)cc1. The number of para-hydroxylation sites is 1. The van der Waals surface area contributed by atoms with Gasteiger partial charge in [-0.3, -0.25) is 0 Å². The Morgan fingerprint density at radius 2 is 1.77 bits per heavy atom. The van der Waals surface area contributed by atoms with Gasteiger partial charge in [0.05, 0.1) is 30.9 Å². The van der Waals surface area contributed by atoms with E-state index in [1.807, 2.05) is 43.3 Å². The predicted octanol–water partition coefficient (Wildman–Crippen LogP) is 5.87. The topological polar surface area (TPSA) is 52.1 Å². The van der Waals surface area contributed by atoms with Gasteiger partial charge in [-0.2, -0.15) is 5.10 Å². The summed E-state index contributed by atoms with van der Waals surface area (Å²) in [6.07, 6.45) is 1.76. The van der Waals surface area contributed by atoms with Gasteiger partial charge in [0.1, 0.15) is 12.4 Å². The number of hydrazone groups is 1. The lowest BCUT2D eigenvalue weighted by atomic mass is 10.1. The van der Waals surface area contributed by atoms with Crippen LogP contribution in [0, 0.1) is 6.92 Å². The molecule has 0 unspecified atom stereocenters. The maximum atomic E-state index is 6.06. The monoisotopic (exact) mass is 482 g/mol. The van der Waals surface area contributed by atoms with Gasteiger partial charge in [-0.05, 0) is 59.1 Å². The number of hydrogen-bond acceptors (Lipinski definition) is 5. The Morgan fingerprint density at radius 1 is 1.00 bits per heavy atom. The van der Waals surface area contributed by atoms with Crippen molar-refractivity contribution in [3.8, 4) is 17.2 Å². The van der Waals surface area contributed by atoms with Gasteiger partial charge < -0.3 is 19.6 Å². The van der Waals surface area contributed by atoms with Gasteiger partial charge in [-0.15, -0.1) is 0 Å². The van der Waals surface area contributed by atoms with Gasteiger partial charge in [0.25, 0.3) is 0 Å². The fraction of sp³-hybridized carbons (Fsp3) is 0.240. The van der Waals surface area contributed by atoms with Crippen molar-refractivity contribution in [1.82, 2.24) is 5.43 Å². The Balaban J connectivity index is 1.68. The van der Waals surface area contributed by atoms with Gasteiger partial charge in [0.15, 0.2) is 11.5 Å². The van der Waals surface area contributed by atoms with Crippen LogP contribution in [0.15, 0.2) is 70.2 Å². The molecule has 0 radical (unpaired) electrons. The molecule has 0 bridgehead atoms. The van der Waals surface area contributed by atoms with E-state index in [4.69, 9.17) is 14.2 Å². The van der Waals surface area contributed by atoms with Crippen LogP contribution in [0.25, 0.3) is 0 Å². The molecule has 0 fully saturated rings. The molecule has 0 aliphatic carbocycles. The number of benzene rings is 3. The summed E-state index contributed by atoms with van der Waals surface area (Å²) in [5.41, 5.74) is 7.33. The molecule has 1 N–H and O–H groups in total. The third kappa shape index (κ3) is 6.49. The van der Waals surface area contributed by atoms with Crippen LogP contribution in [-0.2, 0) is 13.2 Å². The van der Waals surface area contributed by atoms with Crippen molar-refractivity contribution in [3.05, 3.63) is 87.4 Å². The fourth-order valence-electron chi connectivity index (χ4n) is 3.01. The zero-order chi connectivity index (χ0) is 22.1. The van der Waals surface area contributed by atoms with Crippen LogP contribution in [0.5, 0.6) is 17.2 Å². The number of nitrogens with zero attached hydrogens (tertiary/aromatic N) is 1. The summed E-state index contributed by atoms with van der Waals surface area (Å²) in [7, 11) is 1.66. The minimum Gasteiger partial charge on any atom is -0.496 e. The highest BCUT2D eigenvalue weighted by molar-refractivity contribution is 9.10. The quantitative estimate of drug-likeness (QED) is 0.290. The zero-order valence-corrected chi connectivity index (χ0v) is 19.6. The molecule has 0 atom stereocenters. The molecule has 0 saturated carbocycles. The van der Waals surface area contributed by atoms with Crippen LogP contribution < -0.4 is 19.6 Å². The van der Waals surface area contributed by atoms with Crippen LogP contribution in [0.2, 0.25) is 0 Å². The van der Waals surface area contributed by atoms with Gasteiger partial charge in [-0.1, -0.05) is 48.0 Å². The van der Waals surface area contributed by atoms with Crippen LogP contribution in [0.3, 0.4) is 0 Å². The minimum atomic E-state index is 0.465. The molecule has 0 aliphatic rings. The van der Waals surface area contributed by atoms with Gasteiger partial charge in [-0.25, -0.2) is 0 Å². The predicted molar refractivity (Wildman–Crippen MR) is 128 cm³/mol. The van der Waals surface area contributed by atoms with Crippen molar-refractivity contribution >= 4 is 22.1 Å². The number of rotatable bonds is 10. The largest absolute Gasteiger partial charge is 0.496 e. The molecule has 0 saturated heterocycles. The summed E-state index contributed by atoms with van der Waals surface area (Å²) >= 11 is 3.61. The van der Waals surface area contributed by atoms with Crippen molar-refractivity contribution in [2.45, 2.75) is 27.0 Å². The summed E-state index contributed by atoms with van der Waals surface area (Å²) in [6.45, 7) is 5.59. The van der Waals surface area contributed by atoms with Crippen molar-refractivity contribution in [2.24, 2.45) is 5.10 Å². The highest BCUT2D eigenvalue weighted by atomic mass is 79.9. The first-order valence-electron chi connectivity index (χ1n) is 10.1. The summed E-state index contributed by atoms with van der Waals surface area (Å²) in [5, 5.41) is 4.34. The van der Waals surface area contributed by atoms with Crippen LogP contribution in [-0.4, -0.2) is 19.9 Å². The van der Waals surface area contributed by atoms with Gasteiger partial charge >= 0.3 is 0 Å². The summed E-state index contributed by atoms with van der Waals surface area (Å²) in [6, 6.07) is 20.0. The summed E-state index contributed by atoms with van der Waals surface area (Å²) < 4.78 is 18.1. The van der Waals surface area contributed by atoms with E-state index in [1.54, 1.807) is 13.3 Å². The lowest BCUT2D eigenvalue weighted by Gasteiger charge is -2.15. The molecule has 3 aromatic rings. The van der Waals surface area contributed by atoms with E-state index < -0.39 is 0 Å². The van der Waals surface area contributed by atoms with Crippen LogP contribution in [0.4, 0.5) is 0 Å². The Morgan fingerprint density at radius 3 is 2.52 bits per heavy atom. The second-order valence-corrected chi connectivity index (χ2v) is 7.80. The standard InChI is InChI=1S/C25H27BrN2O3/c1-4-30-24-14-20(15-27-28-16-21-7-5-6-8-23(21)29-3)13-22(26)25(24)31-17-19-11-9-18(2)10-12-19/h5-15,28H,4,16-17H2,1-3H3/b27-15+. The van der Waals surface area contributed by atoms with Crippen molar-refractivity contribution in [3.63, 3.8) is 0 Å². The maximum absolute atomic E-state index is 6.06. The molecule has 6 heteroatoms. The van der Waals surface area contributed by atoms with Gasteiger partial charge in [0.2, 0.25) is 0 Å². The molecule has 3 rings (SSSR count).